The van der Waals surface area contributed by atoms with Crippen LogP contribution >= 0.6 is 0 Å². The zero-order valence-corrected chi connectivity index (χ0v) is 8.98. The lowest BCUT2D eigenvalue weighted by Gasteiger charge is -2.05. The van der Waals surface area contributed by atoms with Gasteiger partial charge in [-0.3, -0.25) is 0 Å². The Kier molecular flexibility index (Phi) is 3.13. The number of nitrogens with two attached hydrogens (primary N) is 1. The molecule has 0 bridgehead atoms. The molecule has 2 aromatic carbocycles. The first-order chi connectivity index (χ1) is 7.86. The van der Waals surface area contributed by atoms with Crippen molar-refractivity contribution in [1.29, 1.82) is 5.41 Å². The van der Waals surface area contributed by atoms with Crippen molar-refractivity contribution in [3.8, 4) is 0 Å². The lowest BCUT2D eigenvalue weighted by molar-refractivity contribution is 1.26. The Bertz CT molecular complexity index is 541. The highest BCUT2D eigenvalue weighted by atomic mass is 14.5. The Morgan fingerprint density at radius 2 is 1.62 bits per heavy atom. The zero-order valence-electron chi connectivity index (χ0n) is 8.98. The van der Waals surface area contributed by atoms with Crippen molar-refractivity contribution in [2.45, 2.75) is 0 Å². The van der Waals surface area contributed by atoms with Crippen LogP contribution in [-0.2, 0) is 0 Å². The highest BCUT2D eigenvalue weighted by Gasteiger charge is 2.01. The molecule has 2 nitrogen and oxygen atoms in total. The van der Waals surface area contributed by atoms with Gasteiger partial charge in [-0.1, -0.05) is 48.6 Å². The predicted molar refractivity (Wildman–Crippen MR) is 69.9 cm³/mol. The number of hydrogen-bond donors (Lipinski definition) is 2. The summed E-state index contributed by atoms with van der Waals surface area (Å²) in [7, 11) is 0. The van der Waals surface area contributed by atoms with Crippen molar-refractivity contribution < 1.29 is 0 Å². The summed E-state index contributed by atoms with van der Waals surface area (Å²) < 4.78 is 0. The van der Waals surface area contributed by atoms with Gasteiger partial charge in [-0.25, -0.2) is 0 Å². The molecule has 0 aliphatic carbocycles. The van der Waals surface area contributed by atoms with Crippen molar-refractivity contribution in [3.63, 3.8) is 0 Å². The van der Waals surface area contributed by atoms with Crippen LogP contribution in [0.4, 0.5) is 0 Å². The molecule has 2 heteroatoms. The van der Waals surface area contributed by atoms with E-state index in [1.807, 2.05) is 42.5 Å². The van der Waals surface area contributed by atoms with E-state index in [0.29, 0.717) is 6.54 Å². The molecule has 0 saturated carbocycles. The quantitative estimate of drug-likeness (QED) is 0.752. The summed E-state index contributed by atoms with van der Waals surface area (Å²) in [6.45, 7) is 0.542. The van der Waals surface area contributed by atoms with Gasteiger partial charge in [0.05, 0.1) is 0 Å². The molecule has 0 aliphatic rings. The zero-order chi connectivity index (χ0) is 11.4. The number of hydrogen-bond acceptors (Lipinski definition) is 2. The van der Waals surface area contributed by atoms with E-state index in [2.05, 4.69) is 6.07 Å². The molecule has 0 spiro atoms. The molecule has 0 aliphatic heterocycles. The number of nitrogens with one attached hydrogen (secondary N) is 1. The normalized spacial score (nSPS) is 11.1. The van der Waals surface area contributed by atoms with Gasteiger partial charge in [0, 0.05) is 12.8 Å². The Morgan fingerprint density at radius 1 is 1.00 bits per heavy atom. The molecular weight excluding hydrogens is 196 g/mol. The molecule has 2 aromatic rings. The van der Waals surface area contributed by atoms with Crippen LogP contribution in [0.25, 0.3) is 16.8 Å². The predicted octanol–water partition coefficient (Wildman–Crippen LogP) is 2.81. The first-order valence-electron chi connectivity index (χ1n) is 5.25. The summed E-state index contributed by atoms with van der Waals surface area (Å²) in [5.41, 5.74) is 7.54. The molecule has 80 valence electrons. The third-order valence-electron chi connectivity index (χ3n) is 2.58. The highest BCUT2D eigenvalue weighted by Crippen LogP contribution is 2.22. The number of rotatable bonds is 3. The Labute approximate surface area is 94.9 Å². The average molecular weight is 210 g/mol. The highest BCUT2D eigenvalue weighted by molar-refractivity contribution is 6.02. The molecule has 0 atom stereocenters. The van der Waals surface area contributed by atoms with Gasteiger partial charge in [0.25, 0.3) is 0 Å². The summed E-state index contributed by atoms with van der Waals surface area (Å²) in [6, 6.07) is 12.1. The van der Waals surface area contributed by atoms with E-state index in [0.717, 1.165) is 21.9 Å². The van der Waals surface area contributed by atoms with Crippen LogP contribution in [-0.4, -0.2) is 12.8 Å². The second-order valence-electron chi connectivity index (χ2n) is 3.57. The van der Waals surface area contributed by atoms with Gasteiger partial charge in [-0.05, 0) is 21.9 Å². The lowest BCUT2D eigenvalue weighted by Crippen LogP contribution is -1.92. The molecule has 0 heterocycles. The molecule has 0 amide bonds. The Hall–Kier alpha value is -1.93. The summed E-state index contributed by atoms with van der Waals surface area (Å²) in [4.78, 5) is 0. The van der Waals surface area contributed by atoms with Gasteiger partial charge < -0.3 is 11.1 Å². The molecule has 3 N–H and O–H groups in total. The van der Waals surface area contributed by atoms with Crippen molar-refractivity contribution in [2.75, 3.05) is 6.54 Å². The van der Waals surface area contributed by atoms with Gasteiger partial charge in [0.15, 0.2) is 0 Å². The second kappa shape index (κ2) is 4.73. The monoisotopic (exact) mass is 210 g/mol. The largest absolute Gasteiger partial charge is 0.327 e. The van der Waals surface area contributed by atoms with E-state index < -0.39 is 0 Å². The van der Waals surface area contributed by atoms with Crippen LogP contribution in [0, 0.1) is 5.41 Å². The van der Waals surface area contributed by atoms with Crippen LogP contribution in [0.1, 0.15) is 11.1 Å². The third-order valence-corrected chi connectivity index (χ3v) is 2.58. The van der Waals surface area contributed by atoms with Gasteiger partial charge in [-0.15, -0.1) is 0 Å². The first kappa shape index (κ1) is 10.6. The smallest absolute Gasteiger partial charge is 0.0256 e. The Morgan fingerprint density at radius 3 is 2.25 bits per heavy atom. The Balaban J connectivity index is 2.69. The molecule has 0 fully saturated rings. The van der Waals surface area contributed by atoms with Gasteiger partial charge in [0.2, 0.25) is 0 Å². The number of fused-ring (bicyclic) bond motifs is 1. The summed E-state index contributed by atoms with van der Waals surface area (Å²) in [5.74, 6) is 0. The molecular formula is C14H14N2. The van der Waals surface area contributed by atoms with Crippen molar-refractivity contribution in [3.05, 3.63) is 53.6 Å². The third kappa shape index (κ3) is 1.88. The molecule has 0 saturated heterocycles. The molecule has 0 aromatic heterocycles. The summed E-state index contributed by atoms with van der Waals surface area (Å²) in [5, 5.41) is 9.64. The van der Waals surface area contributed by atoms with Gasteiger partial charge in [0.1, 0.15) is 0 Å². The van der Waals surface area contributed by atoms with E-state index in [-0.39, 0.29) is 0 Å². The lowest BCUT2D eigenvalue weighted by atomic mass is 10.00. The molecule has 16 heavy (non-hydrogen) atoms. The fourth-order valence-electron chi connectivity index (χ4n) is 1.81. The fourth-order valence-corrected chi connectivity index (χ4v) is 1.81. The van der Waals surface area contributed by atoms with Crippen molar-refractivity contribution in [1.82, 2.24) is 0 Å². The maximum absolute atomic E-state index is 7.37. The standard InChI is InChI=1S/C14H14N2/c15-9-3-4-11-7-8-12(10-16)14-6-2-1-5-13(11)14/h1-8,10,16H,9,15H2/b4-3+,16-10?. The topological polar surface area (TPSA) is 49.9 Å². The SMILES string of the molecule is N=Cc1ccc(/C=C/CN)c2ccccc12. The van der Waals surface area contributed by atoms with Crippen LogP contribution in [0.15, 0.2) is 42.5 Å². The van der Waals surface area contributed by atoms with Crippen LogP contribution in [0.3, 0.4) is 0 Å². The number of benzene rings is 2. The van der Waals surface area contributed by atoms with Crippen molar-refractivity contribution >= 4 is 23.1 Å². The first-order valence-corrected chi connectivity index (χ1v) is 5.25. The fraction of sp³-hybridized carbons (Fsp3) is 0.0714. The maximum atomic E-state index is 7.37. The van der Waals surface area contributed by atoms with E-state index >= 15 is 0 Å². The van der Waals surface area contributed by atoms with Gasteiger partial charge in [-0.2, -0.15) is 0 Å². The summed E-state index contributed by atoms with van der Waals surface area (Å²) in [6.07, 6.45) is 5.35. The minimum atomic E-state index is 0.542. The van der Waals surface area contributed by atoms with E-state index in [9.17, 15) is 0 Å². The molecule has 2 rings (SSSR count). The van der Waals surface area contributed by atoms with E-state index in [4.69, 9.17) is 11.1 Å². The molecule has 0 radical (unpaired) electrons. The van der Waals surface area contributed by atoms with Crippen LogP contribution in [0.2, 0.25) is 0 Å². The average Bonchev–Trinajstić information content (AvgIpc) is 2.36. The second-order valence-corrected chi connectivity index (χ2v) is 3.57. The van der Waals surface area contributed by atoms with Gasteiger partial charge >= 0.3 is 0 Å². The molecule has 0 unspecified atom stereocenters. The maximum Gasteiger partial charge on any atom is 0.0256 e. The van der Waals surface area contributed by atoms with E-state index in [1.165, 1.54) is 6.21 Å². The minimum Gasteiger partial charge on any atom is -0.327 e. The van der Waals surface area contributed by atoms with E-state index in [1.54, 1.807) is 0 Å². The minimum absolute atomic E-state index is 0.542. The van der Waals surface area contributed by atoms with Crippen LogP contribution in [0.5, 0.6) is 0 Å². The van der Waals surface area contributed by atoms with Crippen LogP contribution < -0.4 is 5.73 Å². The van der Waals surface area contributed by atoms with Crippen molar-refractivity contribution in [2.24, 2.45) is 5.73 Å². The summed E-state index contributed by atoms with van der Waals surface area (Å²) >= 11 is 0.